The molecular formula is C22H22OSi. The lowest BCUT2D eigenvalue weighted by atomic mass is 10.3. The lowest BCUT2D eigenvalue weighted by Gasteiger charge is -2.32. The second-order valence-corrected chi connectivity index (χ2v) is 9.04. The Balaban J connectivity index is 2.24. The van der Waals surface area contributed by atoms with E-state index < -0.39 is 8.32 Å². The molecule has 0 atom stereocenters. The lowest BCUT2D eigenvalue weighted by molar-refractivity contribution is 0.371. The maximum Gasteiger partial charge on any atom is 0.288 e. The van der Waals surface area contributed by atoms with Crippen molar-refractivity contribution in [3.63, 3.8) is 0 Å². The SMILES string of the molecule is C/C=C/CO[Si](c1ccccc1)(c1ccccc1)c1ccccc1. The van der Waals surface area contributed by atoms with Crippen LogP contribution in [-0.2, 0) is 4.43 Å². The van der Waals surface area contributed by atoms with Gasteiger partial charge in [-0.2, -0.15) is 0 Å². The summed E-state index contributed by atoms with van der Waals surface area (Å²) in [6, 6.07) is 32.0. The molecule has 0 radical (unpaired) electrons. The molecule has 24 heavy (non-hydrogen) atoms. The number of rotatable bonds is 6. The van der Waals surface area contributed by atoms with E-state index in [-0.39, 0.29) is 0 Å². The summed E-state index contributed by atoms with van der Waals surface area (Å²) in [6.45, 7) is 2.64. The van der Waals surface area contributed by atoms with Crippen LogP contribution in [0.15, 0.2) is 103 Å². The van der Waals surface area contributed by atoms with E-state index in [0.717, 1.165) is 0 Å². The van der Waals surface area contributed by atoms with E-state index in [1.165, 1.54) is 15.6 Å². The Bertz CT molecular complexity index is 670. The normalized spacial score (nSPS) is 11.7. The Morgan fingerprint density at radius 1 is 0.667 bits per heavy atom. The highest BCUT2D eigenvalue weighted by Crippen LogP contribution is 2.09. The van der Waals surface area contributed by atoms with Crippen molar-refractivity contribution in [3.05, 3.63) is 103 Å². The maximum absolute atomic E-state index is 6.68. The van der Waals surface area contributed by atoms with Gasteiger partial charge in [-0.25, -0.2) is 0 Å². The molecule has 0 bridgehead atoms. The van der Waals surface area contributed by atoms with Crippen molar-refractivity contribution in [2.24, 2.45) is 0 Å². The van der Waals surface area contributed by atoms with Gasteiger partial charge in [0.1, 0.15) is 0 Å². The van der Waals surface area contributed by atoms with E-state index in [1.807, 2.05) is 13.0 Å². The summed E-state index contributed by atoms with van der Waals surface area (Å²) < 4.78 is 6.68. The third-order valence-electron chi connectivity index (χ3n) is 4.17. The first-order valence-electron chi connectivity index (χ1n) is 8.29. The quantitative estimate of drug-likeness (QED) is 0.383. The molecule has 3 aromatic rings. The first-order valence-corrected chi connectivity index (χ1v) is 10.2. The molecule has 120 valence electrons. The molecule has 2 heteroatoms. The molecule has 0 saturated carbocycles. The van der Waals surface area contributed by atoms with Crippen LogP contribution < -0.4 is 15.6 Å². The van der Waals surface area contributed by atoms with E-state index in [9.17, 15) is 0 Å². The summed E-state index contributed by atoms with van der Waals surface area (Å²) in [6.07, 6.45) is 4.12. The van der Waals surface area contributed by atoms with Crippen molar-refractivity contribution in [2.75, 3.05) is 6.61 Å². The summed E-state index contributed by atoms with van der Waals surface area (Å²) in [5.41, 5.74) is 0. The molecule has 3 aromatic carbocycles. The molecule has 0 fully saturated rings. The highest BCUT2D eigenvalue weighted by molar-refractivity contribution is 7.07. The first kappa shape index (κ1) is 16.4. The third-order valence-corrected chi connectivity index (χ3v) is 8.21. The van der Waals surface area contributed by atoms with Crippen LogP contribution in [0.5, 0.6) is 0 Å². The average Bonchev–Trinajstić information content (AvgIpc) is 2.68. The molecule has 0 aliphatic rings. The minimum Gasteiger partial charge on any atom is -0.400 e. The van der Waals surface area contributed by atoms with Gasteiger partial charge < -0.3 is 4.43 Å². The molecule has 0 aromatic heterocycles. The van der Waals surface area contributed by atoms with Crippen molar-refractivity contribution in [2.45, 2.75) is 6.92 Å². The Morgan fingerprint density at radius 2 is 1.04 bits per heavy atom. The highest BCUT2D eigenvalue weighted by atomic mass is 28.4. The minimum atomic E-state index is -2.51. The van der Waals surface area contributed by atoms with Gasteiger partial charge in [0.05, 0.1) is 6.61 Å². The zero-order chi connectivity index (χ0) is 16.7. The smallest absolute Gasteiger partial charge is 0.288 e. The maximum atomic E-state index is 6.68. The van der Waals surface area contributed by atoms with Crippen LogP contribution in [-0.4, -0.2) is 14.9 Å². The number of allylic oxidation sites excluding steroid dienone is 1. The van der Waals surface area contributed by atoms with Gasteiger partial charge in [-0.15, -0.1) is 0 Å². The molecule has 0 heterocycles. The summed E-state index contributed by atoms with van der Waals surface area (Å²) in [5.74, 6) is 0. The second kappa shape index (κ2) is 7.91. The van der Waals surface area contributed by atoms with Crippen molar-refractivity contribution in [3.8, 4) is 0 Å². The Kier molecular flexibility index (Phi) is 5.42. The number of hydrogen-bond donors (Lipinski definition) is 0. The molecule has 0 N–H and O–H groups in total. The molecule has 0 spiro atoms. The van der Waals surface area contributed by atoms with E-state index >= 15 is 0 Å². The van der Waals surface area contributed by atoms with E-state index in [4.69, 9.17) is 4.43 Å². The molecule has 0 unspecified atom stereocenters. The minimum absolute atomic E-state index is 0.613. The fourth-order valence-electron chi connectivity index (χ4n) is 3.04. The first-order chi connectivity index (χ1) is 11.9. The third kappa shape index (κ3) is 3.25. The number of benzene rings is 3. The molecule has 0 amide bonds. The molecule has 3 rings (SSSR count). The van der Waals surface area contributed by atoms with Crippen LogP contribution in [0.3, 0.4) is 0 Å². The molecule has 0 aliphatic heterocycles. The zero-order valence-corrected chi connectivity index (χ0v) is 14.9. The van der Waals surface area contributed by atoms with Gasteiger partial charge in [0.25, 0.3) is 8.32 Å². The van der Waals surface area contributed by atoms with Crippen molar-refractivity contribution in [1.82, 2.24) is 0 Å². The summed E-state index contributed by atoms with van der Waals surface area (Å²) in [7, 11) is -2.51. The summed E-state index contributed by atoms with van der Waals surface area (Å²) >= 11 is 0. The van der Waals surface area contributed by atoms with Gasteiger partial charge in [-0.3, -0.25) is 0 Å². The van der Waals surface area contributed by atoms with Crippen LogP contribution in [0.1, 0.15) is 6.92 Å². The fraction of sp³-hybridized carbons (Fsp3) is 0.0909. The van der Waals surface area contributed by atoms with E-state index in [1.54, 1.807) is 0 Å². The van der Waals surface area contributed by atoms with Gasteiger partial charge in [0.2, 0.25) is 0 Å². The summed E-state index contributed by atoms with van der Waals surface area (Å²) in [4.78, 5) is 0. The fourth-order valence-corrected chi connectivity index (χ4v) is 6.87. The monoisotopic (exact) mass is 330 g/mol. The predicted molar refractivity (Wildman–Crippen MR) is 105 cm³/mol. The van der Waals surface area contributed by atoms with Crippen LogP contribution in [0, 0.1) is 0 Å². The van der Waals surface area contributed by atoms with Crippen molar-refractivity contribution < 1.29 is 4.43 Å². The van der Waals surface area contributed by atoms with Gasteiger partial charge in [0.15, 0.2) is 0 Å². The van der Waals surface area contributed by atoms with Gasteiger partial charge >= 0.3 is 0 Å². The Labute approximate surface area is 145 Å². The van der Waals surface area contributed by atoms with Gasteiger partial charge in [-0.1, -0.05) is 103 Å². The largest absolute Gasteiger partial charge is 0.400 e. The molecule has 0 aliphatic carbocycles. The second-order valence-electron chi connectivity index (χ2n) is 5.66. The molecule has 1 nitrogen and oxygen atoms in total. The Morgan fingerprint density at radius 3 is 1.38 bits per heavy atom. The van der Waals surface area contributed by atoms with Gasteiger partial charge in [0, 0.05) is 0 Å². The topological polar surface area (TPSA) is 9.23 Å². The predicted octanol–water partition coefficient (Wildman–Crippen LogP) is 3.25. The van der Waals surface area contributed by atoms with Crippen LogP contribution in [0.4, 0.5) is 0 Å². The van der Waals surface area contributed by atoms with Gasteiger partial charge in [-0.05, 0) is 22.5 Å². The van der Waals surface area contributed by atoms with Crippen molar-refractivity contribution in [1.29, 1.82) is 0 Å². The average molecular weight is 331 g/mol. The van der Waals surface area contributed by atoms with Crippen LogP contribution >= 0.6 is 0 Å². The van der Waals surface area contributed by atoms with E-state index in [2.05, 4.69) is 97.1 Å². The zero-order valence-electron chi connectivity index (χ0n) is 13.9. The van der Waals surface area contributed by atoms with Crippen LogP contribution in [0.25, 0.3) is 0 Å². The lowest BCUT2D eigenvalue weighted by Crippen LogP contribution is -2.69. The van der Waals surface area contributed by atoms with E-state index in [0.29, 0.717) is 6.61 Å². The number of hydrogen-bond acceptors (Lipinski definition) is 1. The standard InChI is InChI=1S/C22H22OSi/c1-2-3-19-23-24(20-13-7-4-8-14-20,21-15-9-5-10-16-21)22-17-11-6-12-18-22/h2-18H,19H2,1H3/b3-2+. The molecular weight excluding hydrogens is 308 g/mol. The summed E-state index contributed by atoms with van der Waals surface area (Å²) in [5, 5.41) is 3.81. The molecule has 0 saturated heterocycles. The Hall–Kier alpha value is -2.42. The van der Waals surface area contributed by atoms with Crippen molar-refractivity contribution >= 4 is 23.9 Å². The highest BCUT2D eigenvalue weighted by Gasteiger charge is 2.41. The van der Waals surface area contributed by atoms with Crippen LogP contribution in [0.2, 0.25) is 0 Å².